The number of likely N-dealkylation sites (N-methyl/N-ethyl adjacent to an activating group) is 1. The smallest absolute Gasteiger partial charge is 0.265 e. The number of rotatable bonds is 15. The maximum Gasteiger partial charge on any atom is 0.265 e. The van der Waals surface area contributed by atoms with Crippen molar-refractivity contribution in [3.8, 4) is 28.7 Å². The molecule has 3 rings (SSSR count). The molecule has 0 aromatic heterocycles. The van der Waals surface area contributed by atoms with E-state index >= 15 is 0 Å². The second kappa shape index (κ2) is 15.2. The van der Waals surface area contributed by atoms with E-state index in [1.807, 2.05) is 0 Å². The monoisotopic (exact) mass is 629 g/mol. The van der Waals surface area contributed by atoms with Crippen LogP contribution in [0.15, 0.2) is 65.6 Å². The van der Waals surface area contributed by atoms with Crippen LogP contribution in [0.2, 0.25) is 0 Å². The Morgan fingerprint density at radius 3 is 1.91 bits per heavy atom. The molecule has 0 radical (unpaired) electrons. The molecule has 0 fully saturated rings. The zero-order valence-corrected chi connectivity index (χ0v) is 26.8. The van der Waals surface area contributed by atoms with Crippen molar-refractivity contribution in [1.82, 2.24) is 10.2 Å². The first-order chi connectivity index (χ1) is 21.1. The van der Waals surface area contributed by atoms with Crippen LogP contribution in [0.5, 0.6) is 28.7 Å². The fourth-order valence-corrected chi connectivity index (χ4v) is 6.06. The number of ether oxygens (including phenoxy) is 5. The van der Waals surface area contributed by atoms with Crippen molar-refractivity contribution >= 4 is 27.5 Å². The number of sulfonamides is 1. The van der Waals surface area contributed by atoms with Crippen LogP contribution >= 0.6 is 0 Å². The third-order valence-electron chi connectivity index (χ3n) is 7.02. The Hall–Kier alpha value is -4.65. The summed E-state index contributed by atoms with van der Waals surface area (Å²) in [6.07, 6.45) is 0.284. The molecule has 0 aliphatic rings. The van der Waals surface area contributed by atoms with Crippen molar-refractivity contribution in [2.24, 2.45) is 0 Å². The van der Waals surface area contributed by atoms with E-state index in [0.717, 1.165) is 9.87 Å². The van der Waals surface area contributed by atoms with Gasteiger partial charge in [-0.15, -0.1) is 0 Å². The molecule has 1 atom stereocenters. The highest BCUT2D eigenvalue weighted by Crippen LogP contribution is 2.38. The molecule has 0 unspecified atom stereocenters. The zero-order chi connectivity index (χ0) is 32.4. The summed E-state index contributed by atoms with van der Waals surface area (Å²) in [5, 5.41) is 2.61. The van der Waals surface area contributed by atoms with Gasteiger partial charge < -0.3 is 33.9 Å². The van der Waals surface area contributed by atoms with E-state index in [-0.39, 0.29) is 41.0 Å². The number of anilines is 1. The van der Waals surface area contributed by atoms with Crippen molar-refractivity contribution in [3.05, 3.63) is 66.2 Å². The number of benzene rings is 3. The van der Waals surface area contributed by atoms with E-state index in [9.17, 15) is 18.0 Å². The molecule has 3 aromatic carbocycles. The van der Waals surface area contributed by atoms with E-state index in [2.05, 4.69) is 5.32 Å². The van der Waals surface area contributed by atoms with E-state index in [0.29, 0.717) is 17.2 Å². The molecule has 0 bridgehead atoms. The lowest BCUT2D eigenvalue weighted by Gasteiger charge is -2.33. The molecule has 0 saturated heterocycles. The number of hydrogen-bond donors (Lipinski definition) is 1. The van der Waals surface area contributed by atoms with Crippen molar-refractivity contribution in [2.45, 2.75) is 30.8 Å². The fourth-order valence-electron chi connectivity index (χ4n) is 4.62. The highest BCUT2D eigenvalue weighted by molar-refractivity contribution is 7.92. The van der Waals surface area contributed by atoms with E-state index in [1.54, 1.807) is 50.4 Å². The van der Waals surface area contributed by atoms with Gasteiger partial charge in [0.15, 0.2) is 11.5 Å². The van der Waals surface area contributed by atoms with Gasteiger partial charge in [0.1, 0.15) is 29.8 Å². The molecular weight excluding hydrogens is 590 g/mol. The summed E-state index contributed by atoms with van der Waals surface area (Å²) in [5.74, 6) is 0.657. The molecule has 0 aliphatic heterocycles. The van der Waals surface area contributed by atoms with Crippen LogP contribution in [0.1, 0.15) is 18.9 Å². The molecule has 13 heteroatoms. The first-order valence-corrected chi connectivity index (χ1v) is 15.1. The maximum absolute atomic E-state index is 14.4. The van der Waals surface area contributed by atoms with Gasteiger partial charge in [0.05, 0.1) is 46.1 Å². The minimum absolute atomic E-state index is 0.0360. The Bertz CT molecular complexity index is 1550. The molecule has 3 aromatic rings. The van der Waals surface area contributed by atoms with Crippen LogP contribution in [0.25, 0.3) is 0 Å². The van der Waals surface area contributed by atoms with Gasteiger partial charge in [0.25, 0.3) is 10.0 Å². The van der Waals surface area contributed by atoms with Crippen molar-refractivity contribution < 1.29 is 41.7 Å². The second-order valence-corrected chi connectivity index (χ2v) is 11.3. The van der Waals surface area contributed by atoms with Crippen LogP contribution in [0, 0.1) is 0 Å². The third kappa shape index (κ3) is 7.46. The molecule has 0 spiro atoms. The van der Waals surface area contributed by atoms with Crippen LogP contribution in [-0.2, 0) is 26.2 Å². The number of methoxy groups -OCH3 is 5. The Morgan fingerprint density at radius 2 is 1.36 bits per heavy atom. The van der Waals surface area contributed by atoms with Crippen molar-refractivity contribution in [1.29, 1.82) is 0 Å². The van der Waals surface area contributed by atoms with Crippen LogP contribution in [0.4, 0.5) is 5.69 Å². The number of carbonyl (C=O) groups excluding carboxylic acids is 2. The predicted molar refractivity (Wildman–Crippen MR) is 165 cm³/mol. The van der Waals surface area contributed by atoms with Crippen molar-refractivity contribution in [3.63, 3.8) is 0 Å². The minimum Gasteiger partial charge on any atom is -0.497 e. The van der Waals surface area contributed by atoms with E-state index < -0.39 is 28.5 Å². The van der Waals surface area contributed by atoms with Gasteiger partial charge in [0, 0.05) is 25.7 Å². The topological polar surface area (TPSA) is 133 Å². The summed E-state index contributed by atoms with van der Waals surface area (Å²) in [6.45, 7) is 1.15. The standard InChI is InChI=1S/C31H39N3O9S/c1-8-25(31(36)32-2)33(19-21-9-11-22(39-3)12-10-21)30(35)20-34(26-17-23(40-4)13-15-27(26)41-5)44(37,38)24-14-16-28(42-6)29(18-24)43-7/h9-18,25H,8,19-20H2,1-7H3,(H,32,36)/t25-/m1/s1. The van der Waals surface area contributed by atoms with Gasteiger partial charge in [-0.2, -0.15) is 0 Å². The molecule has 2 amide bonds. The highest BCUT2D eigenvalue weighted by atomic mass is 32.2. The maximum atomic E-state index is 14.4. The van der Waals surface area contributed by atoms with Gasteiger partial charge in [-0.3, -0.25) is 13.9 Å². The van der Waals surface area contributed by atoms with Gasteiger partial charge in [-0.25, -0.2) is 8.42 Å². The average Bonchev–Trinajstić information content (AvgIpc) is 3.06. The number of carbonyl (C=O) groups is 2. The lowest BCUT2D eigenvalue weighted by atomic mass is 10.1. The zero-order valence-electron chi connectivity index (χ0n) is 25.9. The molecular formula is C31H39N3O9S. The molecule has 0 saturated carbocycles. The summed E-state index contributed by atoms with van der Waals surface area (Å²) in [7, 11) is 4.25. The average molecular weight is 630 g/mol. The third-order valence-corrected chi connectivity index (χ3v) is 8.78. The number of nitrogens with one attached hydrogen (secondary N) is 1. The Labute approximate surface area is 258 Å². The van der Waals surface area contributed by atoms with Crippen LogP contribution in [0.3, 0.4) is 0 Å². The summed E-state index contributed by atoms with van der Waals surface area (Å²) >= 11 is 0. The highest BCUT2D eigenvalue weighted by Gasteiger charge is 2.35. The Morgan fingerprint density at radius 1 is 0.773 bits per heavy atom. The van der Waals surface area contributed by atoms with Gasteiger partial charge in [0.2, 0.25) is 11.8 Å². The van der Waals surface area contributed by atoms with E-state index in [4.69, 9.17) is 23.7 Å². The SMILES string of the molecule is CC[C@H](C(=O)NC)N(Cc1ccc(OC)cc1)C(=O)CN(c1cc(OC)ccc1OC)S(=O)(=O)c1ccc(OC)c(OC)c1. The lowest BCUT2D eigenvalue weighted by molar-refractivity contribution is -0.140. The van der Waals surface area contributed by atoms with Gasteiger partial charge in [-0.05, 0) is 48.4 Å². The Kier molecular flexibility index (Phi) is 11.7. The van der Waals surface area contributed by atoms with Crippen LogP contribution < -0.4 is 33.3 Å². The number of nitrogens with zero attached hydrogens (tertiary/aromatic N) is 2. The number of hydrogen-bond acceptors (Lipinski definition) is 9. The quantitative estimate of drug-likeness (QED) is 0.268. The molecule has 238 valence electrons. The molecule has 44 heavy (non-hydrogen) atoms. The van der Waals surface area contributed by atoms with E-state index in [1.165, 1.54) is 64.7 Å². The first kappa shape index (κ1) is 33.8. The summed E-state index contributed by atoms with van der Waals surface area (Å²) in [4.78, 5) is 28.4. The number of amides is 2. The largest absolute Gasteiger partial charge is 0.497 e. The molecule has 0 heterocycles. The molecule has 1 N–H and O–H groups in total. The minimum atomic E-state index is -4.44. The van der Waals surface area contributed by atoms with Gasteiger partial charge >= 0.3 is 0 Å². The molecule has 0 aliphatic carbocycles. The first-order valence-electron chi connectivity index (χ1n) is 13.7. The predicted octanol–water partition coefficient (Wildman–Crippen LogP) is 3.48. The van der Waals surface area contributed by atoms with Crippen LogP contribution in [-0.4, -0.2) is 80.3 Å². The molecule has 12 nitrogen and oxygen atoms in total. The van der Waals surface area contributed by atoms with Gasteiger partial charge in [-0.1, -0.05) is 19.1 Å². The lowest BCUT2D eigenvalue weighted by Crippen LogP contribution is -2.51. The summed E-state index contributed by atoms with van der Waals surface area (Å²) < 4.78 is 56.4. The summed E-state index contributed by atoms with van der Waals surface area (Å²) in [5.41, 5.74) is 0.780. The summed E-state index contributed by atoms with van der Waals surface area (Å²) in [6, 6.07) is 14.9. The Balaban J connectivity index is 2.18. The normalized spacial score (nSPS) is 11.6. The fraction of sp³-hybridized carbons (Fsp3) is 0.355. The van der Waals surface area contributed by atoms with Crippen molar-refractivity contribution in [2.75, 3.05) is 53.4 Å². The second-order valence-electron chi connectivity index (χ2n) is 9.47.